The van der Waals surface area contributed by atoms with Crippen molar-refractivity contribution in [2.45, 2.75) is 12.6 Å². The third kappa shape index (κ3) is 4.92. The van der Waals surface area contributed by atoms with Crippen molar-refractivity contribution in [1.29, 1.82) is 0 Å². The van der Waals surface area contributed by atoms with E-state index in [4.69, 9.17) is 11.6 Å². The zero-order chi connectivity index (χ0) is 16.2. The number of carbonyl (C=O) groups is 1. The first-order chi connectivity index (χ1) is 10.3. The van der Waals surface area contributed by atoms with Gasteiger partial charge >= 0.3 is 6.18 Å². The number of halogens is 4. The molecule has 2 aromatic rings. The first-order valence-electron chi connectivity index (χ1n) is 6.30. The molecule has 0 spiro atoms. The summed E-state index contributed by atoms with van der Waals surface area (Å²) in [7, 11) is 0. The molecule has 0 unspecified atom stereocenters. The van der Waals surface area contributed by atoms with Crippen LogP contribution in [0.4, 0.5) is 24.5 Å². The summed E-state index contributed by atoms with van der Waals surface area (Å²) in [6, 6.07) is 8.13. The van der Waals surface area contributed by atoms with Gasteiger partial charge in [-0.2, -0.15) is 13.2 Å². The van der Waals surface area contributed by atoms with E-state index in [0.29, 0.717) is 21.3 Å². The summed E-state index contributed by atoms with van der Waals surface area (Å²) in [5.74, 6) is -0.383. The van der Waals surface area contributed by atoms with Gasteiger partial charge in [0.05, 0.1) is 12.1 Å². The molecule has 0 bridgehead atoms. The monoisotopic (exact) mass is 348 g/mol. The van der Waals surface area contributed by atoms with E-state index in [9.17, 15) is 18.0 Å². The third-order valence-electron chi connectivity index (χ3n) is 2.70. The fourth-order valence-electron chi connectivity index (χ4n) is 1.68. The van der Waals surface area contributed by atoms with Crippen LogP contribution < -0.4 is 10.6 Å². The van der Waals surface area contributed by atoms with E-state index in [-0.39, 0.29) is 12.5 Å². The largest absolute Gasteiger partial charge is 0.390 e. The molecule has 1 aromatic carbocycles. The Labute approximate surface area is 134 Å². The molecule has 1 heterocycles. The van der Waals surface area contributed by atoms with Gasteiger partial charge in [0.15, 0.2) is 0 Å². The van der Waals surface area contributed by atoms with Gasteiger partial charge in [0.1, 0.15) is 4.88 Å². The maximum absolute atomic E-state index is 12.1. The second-order valence-electron chi connectivity index (χ2n) is 4.42. The smallest absolute Gasteiger partial charge is 0.383 e. The molecule has 0 saturated heterocycles. The number of benzene rings is 1. The van der Waals surface area contributed by atoms with Crippen molar-refractivity contribution in [3.05, 3.63) is 45.6 Å². The van der Waals surface area contributed by atoms with E-state index in [1.807, 2.05) is 0 Å². The van der Waals surface area contributed by atoms with Gasteiger partial charge in [0, 0.05) is 17.3 Å². The van der Waals surface area contributed by atoms with Crippen LogP contribution in [0.25, 0.3) is 0 Å². The topological polar surface area (TPSA) is 41.1 Å². The van der Waals surface area contributed by atoms with Crippen LogP contribution in [-0.4, -0.2) is 18.6 Å². The Morgan fingerprint density at radius 2 is 1.86 bits per heavy atom. The van der Waals surface area contributed by atoms with Crippen LogP contribution in [0, 0.1) is 0 Å². The Morgan fingerprint density at radius 1 is 1.18 bits per heavy atom. The lowest BCUT2D eigenvalue weighted by atomic mass is 10.3. The molecule has 1 amide bonds. The highest BCUT2D eigenvalue weighted by molar-refractivity contribution is 7.12. The molecule has 0 saturated carbocycles. The first kappa shape index (κ1) is 16.6. The predicted molar refractivity (Wildman–Crippen MR) is 82.9 cm³/mol. The van der Waals surface area contributed by atoms with Crippen molar-refractivity contribution in [3.63, 3.8) is 0 Å². The SMILES string of the molecule is O=C(Nc1ccc(Cl)cc1)c1sccc1NCCC(F)(F)F. The molecule has 0 fully saturated rings. The molecule has 0 aliphatic carbocycles. The van der Waals surface area contributed by atoms with Crippen molar-refractivity contribution in [1.82, 2.24) is 0 Å². The van der Waals surface area contributed by atoms with Gasteiger partial charge in [-0.05, 0) is 35.7 Å². The van der Waals surface area contributed by atoms with E-state index in [1.54, 1.807) is 35.7 Å². The van der Waals surface area contributed by atoms with Crippen LogP contribution in [0.3, 0.4) is 0 Å². The van der Waals surface area contributed by atoms with Crippen molar-refractivity contribution in [2.24, 2.45) is 0 Å². The second kappa shape index (κ2) is 7.02. The molecule has 118 valence electrons. The highest BCUT2D eigenvalue weighted by atomic mass is 35.5. The number of hydrogen-bond acceptors (Lipinski definition) is 3. The fraction of sp³-hybridized carbons (Fsp3) is 0.214. The van der Waals surface area contributed by atoms with Gasteiger partial charge in [-0.15, -0.1) is 11.3 Å². The maximum Gasteiger partial charge on any atom is 0.390 e. The van der Waals surface area contributed by atoms with Crippen molar-refractivity contribution >= 4 is 40.2 Å². The van der Waals surface area contributed by atoms with Crippen molar-refractivity contribution in [2.75, 3.05) is 17.2 Å². The molecule has 0 radical (unpaired) electrons. The van der Waals surface area contributed by atoms with Crippen molar-refractivity contribution in [3.8, 4) is 0 Å². The predicted octanol–water partition coefficient (Wildman–Crippen LogP) is 5.02. The quantitative estimate of drug-likeness (QED) is 0.796. The minimum atomic E-state index is -4.23. The van der Waals surface area contributed by atoms with E-state index < -0.39 is 12.6 Å². The molecule has 2 rings (SSSR count). The molecule has 3 nitrogen and oxygen atoms in total. The molecule has 1 aromatic heterocycles. The number of nitrogens with one attached hydrogen (secondary N) is 2. The van der Waals surface area contributed by atoms with Crippen molar-refractivity contribution < 1.29 is 18.0 Å². The average molecular weight is 349 g/mol. The number of thiophene rings is 1. The highest BCUT2D eigenvalue weighted by Gasteiger charge is 2.26. The van der Waals surface area contributed by atoms with Crippen LogP contribution in [0.15, 0.2) is 35.7 Å². The third-order valence-corrected chi connectivity index (χ3v) is 3.86. The Hall–Kier alpha value is -1.73. The summed E-state index contributed by atoms with van der Waals surface area (Å²) in [6.07, 6.45) is -5.18. The molecular formula is C14H12ClF3N2OS. The Morgan fingerprint density at radius 3 is 2.50 bits per heavy atom. The van der Waals surface area contributed by atoms with Gasteiger partial charge in [-0.25, -0.2) is 0 Å². The zero-order valence-corrected chi connectivity index (χ0v) is 12.8. The van der Waals surface area contributed by atoms with E-state index in [1.165, 1.54) is 0 Å². The van der Waals surface area contributed by atoms with Gasteiger partial charge in [-0.1, -0.05) is 11.6 Å². The summed E-state index contributed by atoms with van der Waals surface area (Å²) in [6.45, 7) is -0.276. The van der Waals surface area contributed by atoms with Crippen LogP contribution in [0.5, 0.6) is 0 Å². The molecule has 22 heavy (non-hydrogen) atoms. The summed E-state index contributed by atoms with van der Waals surface area (Å²) >= 11 is 6.91. The highest BCUT2D eigenvalue weighted by Crippen LogP contribution is 2.25. The van der Waals surface area contributed by atoms with Crippen LogP contribution in [0.1, 0.15) is 16.1 Å². The number of alkyl halides is 3. The lowest BCUT2D eigenvalue weighted by Crippen LogP contribution is -2.17. The average Bonchev–Trinajstić information content (AvgIpc) is 2.88. The summed E-state index contributed by atoms with van der Waals surface area (Å²) < 4.78 is 36.4. The Kier molecular flexibility index (Phi) is 5.31. The normalized spacial score (nSPS) is 11.3. The zero-order valence-electron chi connectivity index (χ0n) is 11.2. The maximum atomic E-state index is 12.1. The van der Waals surface area contributed by atoms with E-state index in [0.717, 1.165) is 11.3 Å². The van der Waals surface area contributed by atoms with Crippen LogP contribution in [0.2, 0.25) is 5.02 Å². The Bertz CT molecular complexity index is 640. The summed E-state index contributed by atoms with van der Waals surface area (Å²) in [4.78, 5) is 12.5. The standard InChI is InChI=1S/C14H12ClF3N2OS/c15-9-1-3-10(4-2-9)20-13(21)12-11(5-8-22-12)19-7-6-14(16,17)18/h1-5,8,19H,6-7H2,(H,20,21). The molecule has 0 aliphatic rings. The molecular weight excluding hydrogens is 337 g/mol. The fourth-order valence-corrected chi connectivity index (χ4v) is 2.58. The summed E-state index contributed by atoms with van der Waals surface area (Å²) in [5, 5.41) is 7.49. The lowest BCUT2D eigenvalue weighted by molar-refractivity contribution is -0.131. The lowest BCUT2D eigenvalue weighted by Gasteiger charge is -2.10. The minimum absolute atomic E-state index is 0.276. The summed E-state index contributed by atoms with van der Waals surface area (Å²) in [5.41, 5.74) is 0.949. The molecule has 2 N–H and O–H groups in total. The van der Waals surface area contributed by atoms with Gasteiger partial charge in [-0.3, -0.25) is 4.79 Å². The molecule has 0 aliphatic heterocycles. The Balaban J connectivity index is 1.98. The number of hydrogen-bond donors (Lipinski definition) is 2. The van der Waals surface area contributed by atoms with E-state index in [2.05, 4.69) is 10.6 Å². The number of carbonyl (C=O) groups excluding carboxylic acids is 1. The number of anilines is 2. The molecule has 8 heteroatoms. The van der Waals surface area contributed by atoms with Gasteiger partial charge < -0.3 is 10.6 Å². The van der Waals surface area contributed by atoms with E-state index >= 15 is 0 Å². The number of amides is 1. The van der Waals surface area contributed by atoms with Gasteiger partial charge in [0.25, 0.3) is 5.91 Å². The minimum Gasteiger partial charge on any atom is -0.383 e. The van der Waals surface area contributed by atoms with Crippen LogP contribution in [-0.2, 0) is 0 Å². The number of rotatable bonds is 5. The van der Waals surface area contributed by atoms with Crippen LogP contribution >= 0.6 is 22.9 Å². The first-order valence-corrected chi connectivity index (χ1v) is 7.56. The van der Waals surface area contributed by atoms with Gasteiger partial charge in [0.2, 0.25) is 0 Å². The second-order valence-corrected chi connectivity index (χ2v) is 5.77. The molecule has 0 atom stereocenters.